The molecule has 1 unspecified atom stereocenters. The summed E-state index contributed by atoms with van der Waals surface area (Å²) in [7, 11) is 1.83. The van der Waals surface area contributed by atoms with Gasteiger partial charge in [0.15, 0.2) is 0 Å². The van der Waals surface area contributed by atoms with Crippen molar-refractivity contribution in [1.82, 2.24) is 9.97 Å². The van der Waals surface area contributed by atoms with Gasteiger partial charge in [-0.2, -0.15) is 4.98 Å². The molecule has 1 aliphatic carbocycles. The molecule has 1 heterocycles. The number of hydrogen-bond donors (Lipinski definition) is 2. The van der Waals surface area contributed by atoms with Gasteiger partial charge in [0.1, 0.15) is 5.82 Å². The molecule has 0 saturated carbocycles. The highest BCUT2D eigenvalue weighted by molar-refractivity contribution is 5.45. The fourth-order valence-corrected chi connectivity index (χ4v) is 2.54. The molecule has 1 atom stereocenters. The summed E-state index contributed by atoms with van der Waals surface area (Å²) in [5.74, 6) is 2.15. The van der Waals surface area contributed by atoms with Crippen LogP contribution in [0.3, 0.4) is 0 Å². The smallest absolute Gasteiger partial charge is 0.224 e. The van der Waals surface area contributed by atoms with Crippen molar-refractivity contribution in [2.24, 2.45) is 0 Å². The molecule has 0 amide bonds. The first-order valence-electron chi connectivity index (χ1n) is 6.61. The molecule has 0 aliphatic heterocycles. The molecule has 1 aromatic carbocycles. The Labute approximate surface area is 113 Å². The highest BCUT2D eigenvalue weighted by Crippen LogP contribution is 2.34. The summed E-state index contributed by atoms with van der Waals surface area (Å²) in [5, 5.41) is 6.39. The standard InChI is InChI=1S/C15H18N4/c1-10-7-14(19-15(16-2)18-10)17-9-12-8-11-5-3-4-6-13(11)12/h3-7,12H,8-9H2,1-2H3,(H2,16,17,18,19). The number of benzene rings is 1. The molecule has 0 saturated heterocycles. The number of nitrogens with one attached hydrogen (secondary N) is 2. The predicted molar refractivity (Wildman–Crippen MR) is 77.7 cm³/mol. The van der Waals surface area contributed by atoms with E-state index in [0.717, 1.165) is 24.5 Å². The Morgan fingerprint density at radius 2 is 2.11 bits per heavy atom. The maximum Gasteiger partial charge on any atom is 0.224 e. The lowest BCUT2D eigenvalue weighted by Crippen LogP contribution is -2.24. The Kier molecular flexibility index (Phi) is 3.07. The van der Waals surface area contributed by atoms with Crippen LogP contribution < -0.4 is 10.6 Å². The van der Waals surface area contributed by atoms with Crippen LogP contribution in [0.2, 0.25) is 0 Å². The van der Waals surface area contributed by atoms with Gasteiger partial charge >= 0.3 is 0 Å². The maximum atomic E-state index is 4.41. The van der Waals surface area contributed by atoms with E-state index in [4.69, 9.17) is 0 Å². The monoisotopic (exact) mass is 254 g/mol. The topological polar surface area (TPSA) is 49.8 Å². The minimum absolute atomic E-state index is 0.601. The molecular formula is C15H18N4. The summed E-state index contributed by atoms with van der Waals surface area (Å²) < 4.78 is 0. The van der Waals surface area contributed by atoms with Crippen LogP contribution in [0.25, 0.3) is 0 Å². The summed E-state index contributed by atoms with van der Waals surface area (Å²) in [5.41, 5.74) is 3.91. The lowest BCUT2D eigenvalue weighted by Gasteiger charge is -2.30. The van der Waals surface area contributed by atoms with Crippen LogP contribution >= 0.6 is 0 Å². The van der Waals surface area contributed by atoms with Crippen molar-refractivity contribution in [3.8, 4) is 0 Å². The zero-order chi connectivity index (χ0) is 13.2. The highest BCUT2D eigenvalue weighted by Gasteiger charge is 2.24. The van der Waals surface area contributed by atoms with E-state index in [0.29, 0.717) is 11.9 Å². The van der Waals surface area contributed by atoms with Gasteiger partial charge in [-0.1, -0.05) is 24.3 Å². The molecule has 19 heavy (non-hydrogen) atoms. The lowest BCUT2D eigenvalue weighted by atomic mass is 9.77. The minimum atomic E-state index is 0.601. The molecule has 4 nitrogen and oxygen atoms in total. The van der Waals surface area contributed by atoms with Crippen molar-refractivity contribution < 1.29 is 0 Å². The minimum Gasteiger partial charge on any atom is -0.369 e. The Bertz CT molecular complexity index is 594. The summed E-state index contributed by atoms with van der Waals surface area (Å²) in [6, 6.07) is 10.6. The first kappa shape index (κ1) is 12.0. The Hall–Kier alpha value is -2.10. The van der Waals surface area contributed by atoms with Crippen molar-refractivity contribution >= 4 is 11.8 Å². The summed E-state index contributed by atoms with van der Waals surface area (Å²) in [6.45, 7) is 2.91. The molecule has 2 N–H and O–H groups in total. The summed E-state index contributed by atoms with van der Waals surface area (Å²) in [4.78, 5) is 8.69. The molecule has 0 bridgehead atoms. The van der Waals surface area contributed by atoms with Gasteiger partial charge in [-0.05, 0) is 24.5 Å². The molecule has 0 spiro atoms. The second-order valence-electron chi connectivity index (χ2n) is 4.95. The van der Waals surface area contributed by atoms with Gasteiger partial charge in [-0.25, -0.2) is 4.98 Å². The van der Waals surface area contributed by atoms with Crippen molar-refractivity contribution in [1.29, 1.82) is 0 Å². The van der Waals surface area contributed by atoms with Gasteiger partial charge < -0.3 is 10.6 Å². The third-order valence-corrected chi connectivity index (χ3v) is 3.57. The fourth-order valence-electron chi connectivity index (χ4n) is 2.54. The number of aromatic nitrogens is 2. The molecule has 0 radical (unpaired) electrons. The van der Waals surface area contributed by atoms with Crippen molar-refractivity contribution in [3.63, 3.8) is 0 Å². The quantitative estimate of drug-likeness (QED) is 0.880. The normalized spacial score (nSPS) is 16.4. The Balaban J connectivity index is 1.66. The van der Waals surface area contributed by atoms with E-state index in [1.165, 1.54) is 11.1 Å². The number of hydrogen-bond acceptors (Lipinski definition) is 4. The molecule has 2 aromatic rings. The third-order valence-electron chi connectivity index (χ3n) is 3.57. The molecule has 0 fully saturated rings. The molecule has 98 valence electrons. The van der Waals surface area contributed by atoms with Crippen LogP contribution in [0.15, 0.2) is 30.3 Å². The molecule has 4 heteroatoms. The lowest BCUT2D eigenvalue weighted by molar-refractivity contribution is 0.634. The maximum absolute atomic E-state index is 4.41. The van der Waals surface area contributed by atoms with Crippen LogP contribution in [0.1, 0.15) is 22.7 Å². The average Bonchev–Trinajstić information content (AvgIpc) is 2.39. The van der Waals surface area contributed by atoms with Gasteiger partial charge in [0.2, 0.25) is 5.95 Å². The van der Waals surface area contributed by atoms with Crippen molar-refractivity contribution in [2.45, 2.75) is 19.3 Å². The van der Waals surface area contributed by atoms with Crippen LogP contribution in [0, 0.1) is 6.92 Å². The van der Waals surface area contributed by atoms with Crippen LogP contribution in [-0.4, -0.2) is 23.6 Å². The number of rotatable bonds is 4. The van der Waals surface area contributed by atoms with Crippen LogP contribution in [0.5, 0.6) is 0 Å². The number of aryl methyl sites for hydroxylation is 1. The van der Waals surface area contributed by atoms with E-state index in [-0.39, 0.29) is 0 Å². The van der Waals surface area contributed by atoms with E-state index < -0.39 is 0 Å². The molecule has 1 aromatic heterocycles. The van der Waals surface area contributed by atoms with E-state index >= 15 is 0 Å². The van der Waals surface area contributed by atoms with E-state index in [1.807, 2.05) is 20.0 Å². The zero-order valence-electron chi connectivity index (χ0n) is 11.3. The van der Waals surface area contributed by atoms with E-state index in [1.54, 1.807) is 0 Å². The molecular weight excluding hydrogens is 236 g/mol. The SMILES string of the molecule is CNc1nc(C)cc(NCC2Cc3ccccc32)n1. The number of nitrogens with zero attached hydrogens (tertiary/aromatic N) is 2. The van der Waals surface area contributed by atoms with E-state index in [2.05, 4.69) is 44.9 Å². The first-order chi connectivity index (χ1) is 9.26. The third kappa shape index (κ3) is 2.38. The second kappa shape index (κ2) is 4.88. The van der Waals surface area contributed by atoms with E-state index in [9.17, 15) is 0 Å². The van der Waals surface area contributed by atoms with Crippen LogP contribution in [0.4, 0.5) is 11.8 Å². The summed E-state index contributed by atoms with van der Waals surface area (Å²) >= 11 is 0. The van der Waals surface area contributed by atoms with Crippen molar-refractivity contribution in [3.05, 3.63) is 47.2 Å². The van der Waals surface area contributed by atoms with Crippen molar-refractivity contribution in [2.75, 3.05) is 24.2 Å². The van der Waals surface area contributed by atoms with Gasteiger partial charge in [-0.15, -0.1) is 0 Å². The largest absolute Gasteiger partial charge is 0.369 e. The van der Waals surface area contributed by atoms with Gasteiger partial charge in [0, 0.05) is 31.3 Å². The second-order valence-corrected chi connectivity index (χ2v) is 4.95. The van der Waals surface area contributed by atoms with Crippen LogP contribution in [-0.2, 0) is 6.42 Å². The predicted octanol–water partition coefficient (Wildman–Crippen LogP) is 2.58. The molecule has 3 rings (SSSR count). The number of fused-ring (bicyclic) bond motifs is 1. The Morgan fingerprint density at radius 3 is 2.89 bits per heavy atom. The van der Waals surface area contributed by atoms with Gasteiger partial charge in [-0.3, -0.25) is 0 Å². The Morgan fingerprint density at radius 1 is 1.26 bits per heavy atom. The molecule has 1 aliphatic rings. The number of anilines is 2. The zero-order valence-corrected chi connectivity index (χ0v) is 11.3. The summed E-state index contributed by atoms with van der Waals surface area (Å²) in [6.07, 6.45) is 1.16. The fraction of sp³-hybridized carbons (Fsp3) is 0.333. The highest BCUT2D eigenvalue weighted by atomic mass is 15.1. The van der Waals surface area contributed by atoms with Gasteiger partial charge in [0.05, 0.1) is 0 Å². The first-order valence-corrected chi connectivity index (χ1v) is 6.61. The van der Waals surface area contributed by atoms with Gasteiger partial charge in [0.25, 0.3) is 0 Å². The average molecular weight is 254 g/mol.